The zero-order chi connectivity index (χ0) is 17.5. The van der Waals surface area contributed by atoms with E-state index < -0.39 is 0 Å². The molecule has 1 aliphatic carbocycles. The molecule has 0 aliphatic heterocycles. The van der Waals surface area contributed by atoms with Crippen molar-refractivity contribution in [3.8, 4) is 0 Å². The van der Waals surface area contributed by atoms with E-state index in [0.717, 1.165) is 49.7 Å². The number of nitrogens with one attached hydrogen (secondary N) is 2. The molecule has 144 valence electrons. The normalized spacial score (nSPS) is 14.5. The summed E-state index contributed by atoms with van der Waals surface area (Å²) >= 11 is 0. The molecule has 2 aromatic rings. The Bertz CT molecular complexity index is 701. The van der Waals surface area contributed by atoms with Gasteiger partial charge in [-0.2, -0.15) is 0 Å². The van der Waals surface area contributed by atoms with Crippen molar-refractivity contribution in [3.63, 3.8) is 0 Å². The molecule has 9 heteroatoms. The van der Waals surface area contributed by atoms with Gasteiger partial charge in [-0.3, -0.25) is 14.3 Å². The van der Waals surface area contributed by atoms with Crippen LogP contribution in [0, 0.1) is 0 Å². The van der Waals surface area contributed by atoms with Gasteiger partial charge in [0.2, 0.25) is 0 Å². The minimum absolute atomic E-state index is 0. The van der Waals surface area contributed by atoms with Crippen LogP contribution in [0.2, 0.25) is 0 Å². The third kappa shape index (κ3) is 5.78. The number of ether oxygens (including phenoxy) is 1. The van der Waals surface area contributed by atoms with Crippen molar-refractivity contribution in [1.29, 1.82) is 0 Å². The predicted molar refractivity (Wildman–Crippen MR) is 113 cm³/mol. The minimum atomic E-state index is 0. The summed E-state index contributed by atoms with van der Waals surface area (Å²) in [6, 6.07) is 6.60. The van der Waals surface area contributed by atoms with Crippen LogP contribution in [0.5, 0.6) is 0 Å². The molecular weight excluding hydrogens is 445 g/mol. The molecule has 0 radical (unpaired) electrons. The van der Waals surface area contributed by atoms with Crippen LogP contribution in [0.15, 0.2) is 29.4 Å². The number of fused-ring (bicyclic) bond motifs is 1. The molecule has 0 bridgehead atoms. The quantitative estimate of drug-likeness (QED) is 0.323. The van der Waals surface area contributed by atoms with Crippen LogP contribution in [-0.2, 0) is 11.3 Å². The highest BCUT2D eigenvalue weighted by molar-refractivity contribution is 14.0. The van der Waals surface area contributed by atoms with Crippen LogP contribution >= 0.6 is 24.0 Å². The highest BCUT2D eigenvalue weighted by atomic mass is 127. The van der Waals surface area contributed by atoms with Gasteiger partial charge in [0.25, 0.3) is 0 Å². The third-order valence-corrected chi connectivity index (χ3v) is 4.36. The van der Waals surface area contributed by atoms with E-state index in [4.69, 9.17) is 4.74 Å². The molecule has 0 atom stereocenters. The second-order valence-electron chi connectivity index (χ2n) is 6.16. The summed E-state index contributed by atoms with van der Waals surface area (Å²) in [7, 11) is 3.53. The molecule has 0 amide bonds. The Morgan fingerprint density at radius 1 is 1.31 bits per heavy atom. The number of methoxy groups -OCH3 is 1. The highest BCUT2D eigenvalue weighted by Gasteiger charge is 2.28. The van der Waals surface area contributed by atoms with Gasteiger partial charge in [-0.1, -0.05) is 6.07 Å². The van der Waals surface area contributed by atoms with E-state index in [1.54, 1.807) is 14.2 Å². The lowest BCUT2D eigenvalue weighted by molar-refractivity contribution is 0.144. The number of halogens is 1. The van der Waals surface area contributed by atoms with Gasteiger partial charge in [0.15, 0.2) is 17.4 Å². The van der Waals surface area contributed by atoms with Gasteiger partial charge >= 0.3 is 0 Å². The first-order valence-corrected chi connectivity index (χ1v) is 8.78. The molecule has 1 aliphatic rings. The summed E-state index contributed by atoms with van der Waals surface area (Å²) in [6.07, 6.45) is 4.57. The molecule has 3 rings (SSSR count). The molecule has 2 aromatic heterocycles. The first-order chi connectivity index (χ1) is 12.3. The van der Waals surface area contributed by atoms with Crippen molar-refractivity contribution in [3.05, 3.63) is 30.2 Å². The number of hydrogen-bond donors (Lipinski definition) is 2. The molecule has 2 N–H and O–H groups in total. The van der Waals surface area contributed by atoms with Crippen LogP contribution < -0.4 is 10.6 Å². The van der Waals surface area contributed by atoms with Gasteiger partial charge in [-0.15, -0.1) is 34.2 Å². The predicted octanol–water partition coefficient (Wildman–Crippen LogP) is 1.12. The van der Waals surface area contributed by atoms with Crippen molar-refractivity contribution in [1.82, 2.24) is 30.1 Å². The molecule has 0 aromatic carbocycles. The maximum atomic E-state index is 5.20. The fraction of sp³-hybridized carbons (Fsp3) is 0.588. The molecule has 8 nitrogen and oxygen atoms in total. The van der Waals surface area contributed by atoms with Crippen LogP contribution in [0.3, 0.4) is 0 Å². The lowest BCUT2D eigenvalue weighted by Gasteiger charge is -2.22. The average Bonchev–Trinajstić information content (AvgIpc) is 3.41. The van der Waals surface area contributed by atoms with E-state index in [9.17, 15) is 0 Å². The van der Waals surface area contributed by atoms with E-state index >= 15 is 0 Å². The van der Waals surface area contributed by atoms with Crippen LogP contribution in [-0.4, -0.2) is 71.9 Å². The van der Waals surface area contributed by atoms with Crippen molar-refractivity contribution < 1.29 is 4.74 Å². The standard InChI is InChI=1S/C17H27N7O.HI/c1-18-17(19-8-10-23(11-12-25-2)14-6-7-14)20-13-16-22-21-15-5-3-4-9-24(15)16;/h3-5,9,14H,6-8,10-13H2,1-2H3,(H2,18,19,20);1H. The Labute approximate surface area is 171 Å². The zero-order valence-electron chi connectivity index (χ0n) is 15.4. The monoisotopic (exact) mass is 473 g/mol. The van der Waals surface area contributed by atoms with Gasteiger partial charge < -0.3 is 15.4 Å². The van der Waals surface area contributed by atoms with Gasteiger partial charge in [0, 0.05) is 46.0 Å². The molecular formula is C17H28IN7O. The van der Waals surface area contributed by atoms with E-state index in [1.807, 2.05) is 28.8 Å². The molecule has 0 saturated heterocycles. The van der Waals surface area contributed by atoms with Gasteiger partial charge in [-0.25, -0.2) is 0 Å². The van der Waals surface area contributed by atoms with Crippen LogP contribution in [0.25, 0.3) is 5.65 Å². The average molecular weight is 473 g/mol. The Hall–Kier alpha value is -1.46. The number of nitrogens with zero attached hydrogens (tertiary/aromatic N) is 5. The second kappa shape index (κ2) is 10.6. The van der Waals surface area contributed by atoms with Crippen LogP contribution in [0.1, 0.15) is 18.7 Å². The Balaban J connectivity index is 0.00000243. The van der Waals surface area contributed by atoms with Crippen molar-refractivity contribution in [2.24, 2.45) is 4.99 Å². The first kappa shape index (κ1) is 20.8. The van der Waals surface area contributed by atoms with Gasteiger partial charge in [0.05, 0.1) is 13.2 Å². The molecule has 1 fully saturated rings. The fourth-order valence-electron chi connectivity index (χ4n) is 2.84. The third-order valence-electron chi connectivity index (χ3n) is 4.36. The topological polar surface area (TPSA) is 79.1 Å². The maximum Gasteiger partial charge on any atom is 0.191 e. The minimum Gasteiger partial charge on any atom is -0.383 e. The fourth-order valence-corrected chi connectivity index (χ4v) is 2.84. The number of rotatable bonds is 9. The van der Waals surface area contributed by atoms with E-state index in [2.05, 4.69) is 30.7 Å². The maximum absolute atomic E-state index is 5.20. The summed E-state index contributed by atoms with van der Waals surface area (Å²) in [5.41, 5.74) is 0.848. The van der Waals surface area contributed by atoms with E-state index in [1.165, 1.54) is 12.8 Å². The first-order valence-electron chi connectivity index (χ1n) is 8.78. The molecule has 2 heterocycles. The largest absolute Gasteiger partial charge is 0.383 e. The highest BCUT2D eigenvalue weighted by Crippen LogP contribution is 2.25. The van der Waals surface area contributed by atoms with E-state index in [-0.39, 0.29) is 24.0 Å². The smallest absolute Gasteiger partial charge is 0.191 e. The van der Waals surface area contributed by atoms with Gasteiger partial charge in [0.1, 0.15) is 0 Å². The number of aliphatic imine (C=N–C) groups is 1. The number of pyridine rings is 1. The molecule has 1 saturated carbocycles. The Kier molecular flexibility index (Phi) is 8.52. The Morgan fingerprint density at radius 2 is 2.15 bits per heavy atom. The number of aromatic nitrogens is 3. The second-order valence-corrected chi connectivity index (χ2v) is 6.16. The molecule has 26 heavy (non-hydrogen) atoms. The summed E-state index contributed by atoms with van der Waals surface area (Å²) in [5, 5.41) is 15.0. The van der Waals surface area contributed by atoms with Crippen molar-refractivity contribution in [2.75, 3.05) is 40.4 Å². The lowest BCUT2D eigenvalue weighted by atomic mass is 10.4. The SMILES string of the molecule is CN=C(NCCN(CCOC)C1CC1)NCc1nnc2ccccn12.I. The summed E-state index contributed by atoms with van der Waals surface area (Å²) < 4.78 is 7.17. The molecule has 0 spiro atoms. The van der Waals surface area contributed by atoms with Crippen LogP contribution in [0.4, 0.5) is 0 Å². The van der Waals surface area contributed by atoms with Gasteiger partial charge in [-0.05, 0) is 25.0 Å². The number of guanidine groups is 1. The molecule has 0 unspecified atom stereocenters. The summed E-state index contributed by atoms with van der Waals surface area (Å²) in [4.78, 5) is 6.76. The lowest BCUT2D eigenvalue weighted by Crippen LogP contribution is -2.42. The zero-order valence-corrected chi connectivity index (χ0v) is 17.7. The summed E-state index contributed by atoms with van der Waals surface area (Å²) in [6.45, 7) is 4.17. The van der Waals surface area contributed by atoms with Crippen molar-refractivity contribution >= 4 is 35.6 Å². The van der Waals surface area contributed by atoms with E-state index in [0.29, 0.717) is 6.54 Å². The Morgan fingerprint density at radius 3 is 2.88 bits per heavy atom. The number of hydrogen-bond acceptors (Lipinski definition) is 5. The summed E-state index contributed by atoms with van der Waals surface area (Å²) in [5.74, 6) is 1.63. The van der Waals surface area contributed by atoms with Crippen molar-refractivity contribution in [2.45, 2.75) is 25.4 Å².